The molecule has 0 aliphatic carbocycles. The number of aliphatic carboxylic acids is 1. The summed E-state index contributed by atoms with van der Waals surface area (Å²) in [6.45, 7) is 7.95. The van der Waals surface area contributed by atoms with Crippen LogP contribution in [0.2, 0.25) is 0 Å². The lowest BCUT2D eigenvalue weighted by atomic mass is 9.97. The molecule has 1 N–H and O–H groups in total. The molecule has 13 heteroatoms. The molecule has 0 aromatic heterocycles. The van der Waals surface area contributed by atoms with Gasteiger partial charge in [-0.3, -0.25) is 28.8 Å². The second kappa shape index (κ2) is 13.8. The molecule has 44 heavy (non-hydrogen) atoms. The van der Waals surface area contributed by atoms with Crippen LogP contribution in [0.3, 0.4) is 0 Å². The van der Waals surface area contributed by atoms with E-state index in [0.717, 1.165) is 30.8 Å². The van der Waals surface area contributed by atoms with Crippen molar-refractivity contribution in [3.8, 4) is 11.5 Å². The Morgan fingerprint density at radius 2 is 1.48 bits per heavy atom. The number of esters is 2. The van der Waals surface area contributed by atoms with E-state index >= 15 is 0 Å². The van der Waals surface area contributed by atoms with Crippen LogP contribution in [0.15, 0.2) is 54.7 Å². The molecule has 0 spiro atoms. The van der Waals surface area contributed by atoms with E-state index in [4.69, 9.17) is 9.47 Å². The van der Waals surface area contributed by atoms with Crippen LogP contribution in [0.5, 0.6) is 11.5 Å². The van der Waals surface area contributed by atoms with Gasteiger partial charge in [0.25, 0.3) is 11.7 Å². The van der Waals surface area contributed by atoms with Crippen LogP contribution >= 0.6 is 0 Å². The lowest BCUT2D eigenvalue weighted by Gasteiger charge is -2.46. The summed E-state index contributed by atoms with van der Waals surface area (Å²) in [6.07, 6.45) is 1.04. The zero-order chi connectivity index (χ0) is 32.9. The number of hydrogen-bond acceptors (Lipinski definition) is 9. The lowest BCUT2D eigenvalue weighted by molar-refractivity contribution is -0.171. The van der Waals surface area contributed by atoms with Crippen LogP contribution < -0.4 is 9.47 Å². The Labute approximate surface area is 253 Å². The Morgan fingerprint density at radius 3 is 1.98 bits per heavy atom. The summed E-state index contributed by atoms with van der Waals surface area (Å²) < 4.78 is 10.4. The van der Waals surface area contributed by atoms with Gasteiger partial charge in [0.1, 0.15) is 12.1 Å². The average molecular weight is 608 g/mol. The van der Waals surface area contributed by atoms with Crippen LogP contribution in [0.4, 0.5) is 0 Å². The van der Waals surface area contributed by atoms with Gasteiger partial charge in [-0.05, 0) is 29.7 Å². The van der Waals surface area contributed by atoms with Gasteiger partial charge in [0.2, 0.25) is 11.8 Å². The molecule has 232 valence electrons. The summed E-state index contributed by atoms with van der Waals surface area (Å²) in [5, 5.41) is 11.4. The number of carbonyl (C=O) groups excluding carboxylic acids is 6. The Balaban J connectivity index is 2.35. The standard InChI is InChI=1S/C31H33N3O10/c1-17(2)28-30(40)34(33(19(4)36)24(29(39)31(41)42)14-22-10-8-7-9-11-22)25(16-32(28)18(3)35)23-12-13-26(43-20(5)37)27(15-23)44-21(6)38/h7-13,15-17,24,28H,14H2,1-6H3,(H,41,42)/t24-,28?/m0/s1. The number of rotatable bonds is 10. The third kappa shape index (κ3) is 7.35. The maximum absolute atomic E-state index is 14.3. The number of hydrazine groups is 1. The van der Waals surface area contributed by atoms with Gasteiger partial charge in [-0.2, -0.15) is 0 Å². The van der Waals surface area contributed by atoms with Gasteiger partial charge in [-0.25, -0.2) is 14.8 Å². The lowest BCUT2D eigenvalue weighted by Crippen LogP contribution is -2.63. The summed E-state index contributed by atoms with van der Waals surface area (Å²) in [6, 6.07) is 9.46. The molecule has 0 bridgehead atoms. The number of hydrogen-bond donors (Lipinski definition) is 1. The molecule has 1 aliphatic heterocycles. The quantitative estimate of drug-likeness (QED) is 0.241. The Hall–Kier alpha value is -5.33. The Morgan fingerprint density at radius 1 is 0.886 bits per heavy atom. The smallest absolute Gasteiger partial charge is 0.374 e. The summed E-state index contributed by atoms with van der Waals surface area (Å²) >= 11 is 0. The van der Waals surface area contributed by atoms with Gasteiger partial charge >= 0.3 is 17.9 Å². The van der Waals surface area contributed by atoms with Crippen molar-refractivity contribution in [2.45, 2.75) is 60.0 Å². The summed E-state index contributed by atoms with van der Waals surface area (Å²) in [5.41, 5.74) is 0.504. The van der Waals surface area contributed by atoms with Crippen LogP contribution in [0, 0.1) is 5.92 Å². The minimum Gasteiger partial charge on any atom is -0.475 e. The van der Waals surface area contributed by atoms with Crippen molar-refractivity contribution in [2.75, 3.05) is 0 Å². The molecule has 2 aromatic rings. The highest BCUT2D eigenvalue weighted by Gasteiger charge is 2.46. The summed E-state index contributed by atoms with van der Waals surface area (Å²) in [4.78, 5) is 90.4. The van der Waals surface area contributed by atoms with E-state index in [0.29, 0.717) is 5.56 Å². The summed E-state index contributed by atoms with van der Waals surface area (Å²) in [7, 11) is 0. The Bertz CT molecular complexity index is 1530. The molecule has 13 nitrogen and oxygen atoms in total. The molecule has 3 rings (SSSR count). The second-order valence-corrected chi connectivity index (χ2v) is 10.4. The topological polar surface area (TPSA) is 168 Å². The number of ether oxygens (including phenoxy) is 2. The molecule has 0 radical (unpaired) electrons. The van der Waals surface area contributed by atoms with Crippen molar-refractivity contribution >= 4 is 47.1 Å². The van der Waals surface area contributed by atoms with E-state index in [1.54, 1.807) is 44.2 Å². The number of carbonyl (C=O) groups is 7. The third-order valence-corrected chi connectivity index (χ3v) is 6.61. The number of amides is 3. The fourth-order valence-electron chi connectivity index (χ4n) is 4.85. The van der Waals surface area contributed by atoms with Crippen LogP contribution in [0.25, 0.3) is 5.70 Å². The molecule has 2 atom stereocenters. The first-order chi connectivity index (χ1) is 20.6. The van der Waals surface area contributed by atoms with Gasteiger partial charge in [0.15, 0.2) is 11.5 Å². The highest BCUT2D eigenvalue weighted by Crippen LogP contribution is 2.37. The predicted octanol–water partition coefficient (Wildman–Crippen LogP) is 2.58. The van der Waals surface area contributed by atoms with Crippen molar-refractivity contribution < 1.29 is 48.1 Å². The highest BCUT2D eigenvalue weighted by molar-refractivity contribution is 6.35. The van der Waals surface area contributed by atoms with Crippen molar-refractivity contribution in [1.82, 2.24) is 14.9 Å². The van der Waals surface area contributed by atoms with Gasteiger partial charge < -0.3 is 19.5 Å². The van der Waals surface area contributed by atoms with E-state index in [-0.39, 0.29) is 29.2 Å². The van der Waals surface area contributed by atoms with Crippen LogP contribution in [0.1, 0.15) is 52.7 Å². The van der Waals surface area contributed by atoms with Gasteiger partial charge in [0, 0.05) is 45.9 Å². The largest absolute Gasteiger partial charge is 0.475 e. The first-order valence-corrected chi connectivity index (χ1v) is 13.6. The number of benzene rings is 2. The van der Waals surface area contributed by atoms with Crippen LogP contribution in [-0.2, 0) is 40.0 Å². The second-order valence-electron chi connectivity index (χ2n) is 10.4. The average Bonchev–Trinajstić information content (AvgIpc) is 2.93. The number of carboxylic acids is 1. The van der Waals surface area contributed by atoms with Crippen LogP contribution in [-0.4, -0.2) is 73.5 Å². The maximum atomic E-state index is 14.3. The first-order valence-electron chi connectivity index (χ1n) is 13.6. The predicted molar refractivity (Wildman–Crippen MR) is 154 cm³/mol. The van der Waals surface area contributed by atoms with Gasteiger partial charge in [-0.1, -0.05) is 44.2 Å². The monoisotopic (exact) mass is 607 g/mol. The molecule has 0 saturated carbocycles. The normalized spacial score (nSPS) is 15.3. The molecule has 1 aliphatic rings. The molecule has 0 fully saturated rings. The fraction of sp³-hybridized carbons (Fsp3) is 0.323. The number of nitrogens with zero attached hydrogens (tertiary/aromatic N) is 3. The van der Waals surface area contributed by atoms with Crippen molar-refractivity contribution in [3.63, 3.8) is 0 Å². The van der Waals surface area contributed by atoms with E-state index < -0.39 is 59.4 Å². The number of Topliss-reactive ketones (excluding diaryl/α,β-unsaturated/α-hetero) is 1. The number of carboxylic acid groups (broad SMARTS) is 1. The Kier molecular flexibility index (Phi) is 10.4. The van der Waals surface area contributed by atoms with Crippen molar-refractivity contribution in [3.05, 3.63) is 65.9 Å². The SMILES string of the molecule is CC(=O)Oc1ccc(C2=CN(C(C)=O)C(C(C)C)C(=O)N2N(C(C)=O)[C@@H](Cc2ccccc2)C(=O)C(=O)O)cc1OC(C)=O. The molecular weight excluding hydrogens is 574 g/mol. The zero-order valence-electron chi connectivity index (χ0n) is 25.1. The fourth-order valence-corrected chi connectivity index (χ4v) is 4.85. The number of ketones is 1. The van der Waals surface area contributed by atoms with Gasteiger partial charge in [0.05, 0.1) is 5.70 Å². The van der Waals surface area contributed by atoms with E-state index in [1.807, 2.05) is 0 Å². The van der Waals surface area contributed by atoms with Crippen molar-refractivity contribution in [1.29, 1.82) is 0 Å². The maximum Gasteiger partial charge on any atom is 0.374 e. The van der Waals surface area contributed by atoms with Gasteiger partial charge in [-0.15, -0.1) is 0 Å². The molecule has 0 saturated heterocycles. The zero-order valence-corrected chi connectivity index (χ0v) is 25.1. The van der Waals surface area contributed by atoms with E-state index in [1.165, 1.54) is 36.2 Å². The highest BCUT2D eigenvalue weighted by atomic mass is 16.6. The summed E-state index contributed by atoms with van der Waals surface area (Å²) in [5.74, 6) is -7.59. The molecule has 1 heterocycles. The third-order valence-electron chi connectivity index (χ3n) is 6.61. The van der Waals surface area contributed by atoms with Crippen molar-refractivity contribution in [2.24, 2.45) is 5.92 Å². The first kappa shape index (κ1) is 33.2. The molecule has 2 aromatic carbocycles. The minimum absolute atomic E-state index is 0.103. The molecule has 3 amide bonds. The molecular formula is C31H33N3O10. The van der Waals surface area contributed by atoms with E-state index in [9.17, 15) is 38.7 Å². The molecule has 1 unspecified atom stereocenters. The van der Waals surface area contributed by atoms with E-state index in [2.05, 4.69) is 0 Å². The minimum atomic E-state index is -1.82.